The highest BCUT2D eigenvalue weighted by atomic mass is 16.5. The first-order chi connectivity index (χ1) is 32.4. The standard InChI is InChI=1S/C55H63N3O9/c1-32(2)6-4-24-66-50-29-36(28-49(64)53(50)65)34-9-14-42-40-15-13-39(59)26-35(40)10-16-44(42)58-51-30-37(20-23-57-51)55(21-19-45(60)43(55)31-38-7-3-22-56-38)52(48(63)27-34)46(61)17-11-33-12-18-47(62)54-41(33)8-5-25-67-54/h3,7,10,12-13,15-16,18,20,22-23,26,28-30,32,34,43,45-46,52,56,59-62,64-65H,4-6,8-9,11,14,17,19,21,24-25,27,31H2,1-2H3,(H,57,58)/t34-,43+,45-,46-,52+,55-/m1/s1. The Labute approximate surface area is 391 Å². The van der Waals surface area contributed by atoms with Gasteiger partial charge >= 0.3 is 0 Å². The van der Waals surface area contributed by atoms with Crippen molar-refractivity contribution in [2.45, 2.75) is 114 Å². The van der Waals surface area contributed by atoms with Gasteiger partial charge in [-0.25, -0.2) is 4.98 Å². The molecule has 6 aromatic rings. The van der Waals surface area contributed by atoms with E-state index < -0.39 is 35.4 Å². The van der Waals surface area contributed by atoms with Gasteiger partial charge in [0.1, 0.15) is 17.4 Å². The molecule has 4 aromatic carbocycles. The van der Waals surface area contributed by atoms with Crippen molar-refractivity contribution in [3.8, 4) is 34.5 Å². The lowest BCUT2D eigenvalue weighted by atomic mass is 9.58. The number of aromatic nitrogens is 2. The number of pyridine rings is 1. The summed E-state index contributed by atoms with van der Waals surface area (Å²) in [5.41, 5.74) is 4.84. The minimum Gasteiger partial charge on any atom is -0.508 e. The summed E-state index contributed by atoms with van der Waals surface area (Å²) in [4.78, 5) is 24.2. The van der Waals surface area contributed by atoms with E-state index in [2.05, 4.69) is 24.1 Å². The first-order valence-electron chi connectivity index (χ1n) is 24.0. The molecule has 1 fully saturated rings. The summed E-state index contributed by atoms with van der Waals surface area (Å²) in [6.07, 6.45) is 7.58. The number of benzene rings is 4. The molecule has 9 rings (SSSR count). The summed E-state index contributed by atoms with van der Waals surface area (Å²) in [6.45, 7) is 5.12. The molecule has 12 nitrogen and oxygen atoms in total. The summed E-state index contributed by atoms with van der Waals surface area (Å²) in [5, 5.41) is 74.1. The van der Waals surface area contributed by atoms with Gasteiger partial charge in [0.15, 0.2) is 23.0 Å². The highest BCUT2D eigenvalue weighted by Crippen LogP contribution is 2.55. The third-order valence-corrected chi connectivity index (χ3v) is 14.8. The van der Waals surface area contributed by atoms with Gasteiger partial charge in [-0.2, -0.15) is 0 Å². The molecule has 1 aliphatic carbocycles. The number of Topliss-reactive ketones (excluding diaryl/α,β-unsaturated/α-hetero) is 1. The Morgan fingerprint density at radius 2 is 1.79 bits per heavy atom. The number of nitrogens with zero attached hydrogens (tertiary/aromatic N) is 1. The first kappa shape index (κ1) is 45.9. The number of aromatic amines is 1. The van der Waals surface area contributed by atoms with E-state index in [9.17, 15) is 30.6 Å². The van der Waals surface area contributed by atoms with Crippen LogP contribution in [-0.4, -0.2) is 71.8 Å². The van der Waals surface area contributed by atoms with E-state index in [-0.39, 0.29) is 47.4 Å². The van der Waals surface area contributed by atoms with Gasteiger partial charge < -0.3 is 50.4 Å². The molecule has 12 heteroatoms. The third-order valence-electron chi connectivity index (χ3n) is 14.8. The van der Waals surface area contributed by atoms with Crippen molar-refractivity contribution >= 4 is 28.1 Å². The molecule has 2 aromatic heterocycles. The molecule has 1 spiro atoms. The van der Waals surface area contributed by atoms with Crippen molar-refractivity contribution in [1.29, 1.82) is 0 Å². The number of carbonyl (C=O) groups is 1. The molecule has 2 bridgehead atoms. The number of phenolic OH excluding ortho intramolecular Hbond substituents is 4. The number of aliphatic hydroxyl groups excluding tert-OH is 2. The number of aryl methyl sites for hydroxylation is 2. The third kappa shape index (κ3) is 9.38. The van der Waals surface area contributed by atoms with Gasteiger partial charge in [-0.3, -0.25) is 4.79 Å². The lowest BCUT2D eigenvalue weighted by molar-refractivity contribution is -0.132. The normalized spacial score (nSPS) is 22.3. The van der Waals surface area contributed by atoms with Gasteiger partial charge in [0, 0.05) is 47.1 Å². The van der Waals surface area contributed by atoms with E-state index in [1.165, 1.54) is 6.07 Å². The summed E-state index contributed by atoms with van der Waals surface area (Å²) in [7, 11) is 0. The van der Waals surface area contributed by atoms with Crippen molar-refractivity contribution < 1.29 is 44.9 Å². The molecule has 8 N–H and O–H groups in total. The quantitative estimate of drug-likeness (QED) is 0.0430. The van der Waals surface area contributed by atoms with Crippen LogP contribution in [0.25, 0.3) is 10.8 Å². The molecule has 1 saturated carbocycles. The predicted molar refractivity (Wildman–Crippen MR) is 258 cm³/mol. The zero-order valence-corrected chi connectivity index (χ0v) is 38.4. The lowest BCUT2D eigenvalue weighted by Crippen LogP contribution is -2.51. The summed E-state index contributed by atoms with van der Waals surface area (Å²) in [6, 6.07) is 23.8. The molecule has 0 amide bonds. The number of phenols is 4. The Hall–Kier alpha value is -6.24. The second kappa shape index (κ2) is 19.5. The van der Waals surface area contributed by atoms with Gasteiger partial charge in [-0.15, -0.1) is 0 Å². The number of ether oxygens (including phenoxy) is 2. The number of rotatable bonds is 12. The van der Waals surface area contributed by atoms with Crippen LogP contribution in [0.1, 0.15) is 105 Å². The molecule has 0 radical (unpaired) electrons. The van der Waals surface area contributed by atoms with Crippen molar-refractivity contribution in [3.63, 3.8) is 0 Å². The maximum Gasteiger partial charge on any atom is 0.200 e. The smallest absolute Gasteiger partial charge is 0.200 e. The SMILES string of the molecule is CC(C)CCCOc1cc([C@@H]2CCc3c(ccc4cc(O)ccc34)Nc3cc(ccn3)[C@@]3(CC[C@@H](O)[C@@H]3Cc3ccc[nH]3)[C@@H]([C@H](O)CCc3ccc(O)c4c3CCCO4)C(=O)C2)cc(O)c1O. The Kier molecular flexibility index (Phi) is 13.4. The Morgan fingerprint density at radius 3 is 2.61 bits per heavy atom. The van der Waals surface area contributed by atoms with Crippen molar-refractivity contribution in [1.82, 2.24) is 9.97 Å². The van der Waals surface area contributed by atoms with E-state index in [1.54, 1.807) is 30.5 Å². The Balaban J connectivity index is 1.20. The second-order valence-electron chi connectivity index (χ2n) is 19.5. The van der Waals surface area contributed by atoms with Crippen LogP contribution in [-0.2, 0) is 35.9 Å². The van der Waals surface area contributed by atoms with Crippen LogP contribution in [0, 0.1) is 17.8 Å². The molecule has 4 heterocycles. The van der Waals surface area contributed by atoms with E-state index in [1.807, 2.05) is 54.7 Å². The molecule has 6 atom stereocenters. The van der Waals surface area contributed by atoms with Crippen molar-refractivity contribution in [3.05, 3.63) is 125 Å². The number of anilines is 2. The number of aromatic hydroxyl groups is 4. The number of aliphatic hydroxyl groups is 2. The van der Waals surface area contributed by atoms with E-state index in [0.29, 0.717) is 74.8 Å². The number of H-pyrrole nitrogens is 1. The van der Waals surface area contributed by atoms with Crippen LogP contribution in [0.15, 0.2) is 91.3 Å². The van der Waals surface area contributed by atoms with E-state index in [0.717, 1.165) is 70.1 Å². The minimum atomic E-state index is -1.17. The summed E-state index contributed by atoms with van der Waals surface area (Å²) >= 11 is 0. The molecule has 0 unspecified atom stereocenters. The number of carbonyl (C=O) groups excluding carboxylic acids is 1. The lowest BCUT2D eigenvalue weighted by Gasteiger charge is -2.45. The average molecular weight is 910 g/mol. The fraction of sp³-hybridized carbons (Fsp3) is 0.418. The predicted octanol–water partition coefficient (Wildman–Crippen LogP) is 9.82. The molecule has 352 valence electrons. The van der Waals surface area contributed by atoms with Crippen LogP contribution in [0.3, 0.4) is 0 Å². The highest BCUT2D eigenvalue weighted by Gasteiger charge is 2.57. The number of nitrogens with one attached hydrogen (secondary N) is 2. The number of fused-ring (bicyclic) bond motifs is 7. The van der Waals surface area contributed by atoms with Crippen molar-refractivity contribution in [2.24, 2.45) is 17.8 Å². The van der Waals surface area contributed by atoms with Gasteiger partial charge in [0.25, 0.3) is 0 Å². The fourth-order valence-electron chi connectivity index (χ4n) is 11.6. The van der Waals surface area contributed by atoms with Gasteiger partial charge in [-0.05, 0) is 176 Å². The molecule has 0 saturated heterocycles. The van der Waals surface area contributed by atoms with Crippen LogP contribution in [0.5, 0.6) is 34.5 Å². The fourth-order valence-corrected chi connectivity index (χ4v) is 11.6. The molecular weight excluding hydrogens is 847 g/mol. The highest BCUT2D eigenvalue weighted by molar-refractivity contribution is 5.92. The van der Waals surface area contributed by atoms with E-state index >= 15 is 4.79 Å². The maximum absolute atomic E-state index is 16.0. The largest absolute Gasteiger partial charge is 0.508 e. The topological polar surface area (TPSA) is 198 Å². The summed E-state index contributed by atoms with van der Waals surface area (Å²) < 4.78 is 12.0. The summed E-state index contributed by atoms with van der Waals surface area (Å²) in [5.74, 6) is -1.06. The van der Waals surface area contributed by atoms with E-state index in [4.69, 9.17) is 14.5 Å². The zero-order valence-electron chi connectivity index (χ0n) is 38.4. The van der Waals surface area contributed by atoms with Gasteiger partial charge in [-0.1, -0.05) is 32.0 Å². The molecule has 2 aliphatic heterocycles. The maximum atomic E-state index is 16.0. The number of hydrogen-bond donors (Lipinski definition) is 8. The van der Waals surface area contributed by atoms with Crippen LogP contribution < -0.4 is 14.8 Å². The molecule has 67 heavy (non-hydrogen) atoms. The van der Waals surface area contributed by atoms with Crippen LogP contribution in [0.2, 0.25) is 0 Å². The van der Waals surface area contributed by atoms with Gasteiger partial charge in [0.05, 0.1) is 31.3 Å². The monoisotopic (exact) mass is 909 g/mol. The average Bonchev–Trinajstić information content (AvgIpc) is 3.96. The minimum absolute atomic E-state index is 0.0273. The Bertz CT molecular complexity index is 2720. The van der Waals surface area contributed by atoms with Crippen LogP contribution >= 0.6 is 0 Å². The Morgan fingerprint density at radius 1 is 0.925 bits per heavy atom. The molecular formula is C55H63N3O9. The van der Waals surface area contributed by atoms with Gasteiger partial charge in [0.2, 0.25) is 5.75 Å². The molecule has 3 aliphatic rings. The first-order valence-corrected chi connectivity index (χ1v) is 24.0. The number of hydrogen-bond acceptors (Lipinski definition) is 11. The van der Waals surface area contributed by atoms with Crippen molar-refractivity contribution in [2.75, 3.05) is 18.5 Å². The number of ketones is 1. The zero-order chi connectivity index (χ0) is 46.8. The van der Waals surface area contributed by atoms with Crippen LogP contribution in [0.4, 0.5) is 11.5 Å². The second-order valence-corrected chi connectivity index (χ2v) is 19.5.